The van der Waals surface area contributed by atoms with Crippen molar-refractivity contribution in [2.24, 2.45) is 0 Å². The first-order valence-electron chi connectivity index (χ1n) is 7.55. The lowest BCUT2D eigenvalue weighted by molar-refractivity contribution is 0.174. The van der Waals surface area contributed by atoms with Crippen molar-refractivity contribution < 1.29 is 0 Å². The van der Waals surface area contributed by atoms with Crippen LogP contribution in [-0.2, 0) is 6.54 Å². The molecule has 0 bridgehead atoms. The zero-order chi connectivity index (χ0) is 14.2. The van der Waals surface area contributed by atoms with Gasteiger partial charge in [-0.3, -0.25) is 14.8 Å². The van der Waals surface area contributed by atoms with Crippen LogP contribution < -0.4 is 0 Å². The van der Waals surface area contributed by atoms with Crippen LogP contribution in [0, 0.1) is 11.3 Å². The molecule has 0 radical (unpaired) electrons. The van der Waals surface area contributed by atoms with Crippen molar-refractivity contribution in [1.82, 2.24) is 14.8 Å². The summed E-state index contributed by atoms with van der Waals surface area (Å²) < 4.78 is 0. The molecule has 1 fully saturated rings. The van der Waals surface area contributed by atoms with Crippen LogP contribution in [0.15, 0.2) is 24.5 Å². The highest BCUT2D eigenvalue weighted by Crippen LogP contribution is 2.18. The SMILES string of the molecule is CCN1CCC[C@H]1CN(CCC#N)Cc1ccncc1. The average Bonchev–Trinajstić information content (AvgIpc) is 2.93. The van der Waals surface area contributed by atoms with Crippen LogP contribution in [0.4, 0.5) is 0 Å². The summed E-state index contributed by atoms with van der Waals surface area (Å²) in [6.07, 6.45) is 6.87. The number of hydrogen-bond acceptors (Lipinski definition) is 4. The maximum Gasteiger partial charge on any atom is 0.0635 e. The largest absolute Gasteiger partial charge is 0.299 e. The van der Waals surface area contributed by atoms with E-state index in [-0.39, 0.29) is 0 Å². The Morgan fingerprint density at radius 3 is 2.95 bits per heavy atom. The predicted molar refractivity (Wildman–Crippen MR) is 80.0 cm³/mol. The van der Waals surface area contributed by atoms with Crippen molar-refractivity contribution >= 4 is 0 Å². The Balaban J connectivity index is 1.94. The number of likely N-dealkylation sites (tertiary alicyclic amines) is 1. The van der Waals surface area contributed by atoms with E-state index >= 15 is 0 Å². The third kappa shape index (κ3) is 4.29. The van der Waals surface area contributed by atoms with Crippen LogP contribution in [0.25, 0.3) is 0 Å². The van der Waals surface area contributed by atoms with Crippen LogP contribution in [0.2, 0.25) is 0 Å². The first kappa shape index (κ1) is 15.0. The van der Waals surface area contributed by atoms with E-state index in [1.165, 1.54) is 24.9 Å². The van der Waals surface area contributed by atoms with Crippen LogP contribution in [0.1, 0.15) is 31.7 Å². The Kier molecular flexibility index (Phi) is 5.97. The zero-order valence-corrected chi connectivity index (χ0v) is 12.3. The summed E-state index contributed by atoms with van der Waals surface area (Å²) >= 11 is 0. The topological polar surface area (TPSA) is 43.2 Å². The number of nitriles is 1. The fraction of sp³-hybridized carbons (Fsp3) is 0.625. The molecule has 2 heterocycles. The van der Waals surface area contributed by atoms with E-state index in [0.717, 1.165) is 26.2 Å². The van der Waals surface area contributed by atoms with E-state index in [2.05, 4.69) is 39.9 Å². The minimum absolute atomic E-state index is 0.601. The molecule has 0 N–H and O–H groups in total. The van der Waals surface area contributed by atoms with E-state index in [9.17, 15) is 0 Å². The number of likely N-dealkylation sites (N-methyl/N-ethyl adjacent to an activating group) is 1. The molecule has 4 nitrogen and oxygen atoms in total. The Bertz CT molecular complexity index is 426. The molecule has 1 saturated heterocycles. The van der Waals surface area contributed by atoms with Gasteiger partial charge in [0.25, 0.3) is 0 Å². The molecule has 1 aliphatic heterocycles. The van der Waals surface area contributed by atoms with Crippen molar-refractivity contribution in [3.05, 3.63) is 30.1 Å². The van der Waals surface area contributed by atoms with Crippen molar-refractivity contribution in [2.45, 2.75) is 38.8 Å². The van der Waals surface area contributed by atoms with E-state index in [4.69, 9.17) is 5.26 Å². The van der Waals surface area contributed by atoms with Gasteiger partial charge in [0.15, 0.2) is 0 Å². The summed E-state index contributed by atoms with van der Waals surface area (Å²) in [7, 11) is 0. The van der Waals surface area contributed by atoms with Gasteiger partial charge in [-0.2, -0.15) is 5.26 Å². The van der Waals surface area contributed by atoms with Gasteiger partial charge < -0.3 is 0 Å². The van der Waals surface area contributed by atoms with Crippen molar-refractivity contribution in [3.8, 4) is 6.07 Å². The lowest BCUT2D eigenvalue weighted by Crippen LogP contribution is -2.40. The first-order chi connectivity index (χ1) is 9.83. The second kappa shape index (κ2) is 7.98. The van der Waals surface area contributed by atoms with Gasteiger partial charge >= 0.3 is 0 Å². The van der Waals surface area contributed by atoms with Crippen molar-refractivity contribution in [1.29, 1.82) is 5.26 Å². The van der Waals surface area contributed by atoms with Gasteiger partial charge in [0.2, 0.25) is 0 Å². The highest BCUT2D eigenvalue weighted by atomic mass is 15.2. The molecule has 4 heteroatoms. The zero-order valence-electron chi connectivity index (χ0n) is 12.3. The van der Waals surface area contributed by atoms with Crippen molar-refractivity contribution in [3.63, 3.8) is 0 Å². The molecule has 2 rings (SSSR count). The fourth-order valence-electron chi connectivity index (χ4n) is 3.01. The molecule has 0 spiro atoms. The number of aromatic nitrogens is 1. The Labute approximate surface area is 122 Å². The van der Waals surface area contributed by atoms with Crippen LogP contribution >= 0.6 is 0 Å². The third-order valence-electron chi connectivity index (χ3n) is 4.07. The molecule has 0 amide bonds. The standard InChI is InChI=1S/C16H24N4/c1-2-20-12-3-5-16(20)14-19(11-4-8-17)13-15-6-9-18-10-7-15/h6-7,9-10,16H,2-5,11-14H2,1H3/t16-/m0/s1. The molecule has 1 atom stereocenters. The third-order valence-corrected chi connectivity index (χ3v) is 4.07. The molecule has 20 heavy (non-hydrogen) atoms. The molecule has 108 valence electrons. The fourth-order valence-corrected chi connectivity index (χ4v) is 3.01. The first-order valence-corrected chi connectivity index (χ1v) is 7.55. The normalized spacial score (nSPS) is 19.4. The summed E-state index contributed by atoms with van der Waals surface area (Å²) in [5, 5.41) is 8.84. The minimum atomic E-state index is 0.601. The maximum atomic E-state index is 8.84. The molecule has 1 aliphatic rings. The van der Waals surface area contributed by atoms with Crippen LogP contribution in [0.5, 0.6) is 0 Å². The van der Waals surface area contributed by atoms with E-state index < -0.39 is 0 Å². The molecule has 0 aromatic carbocycles. The smallest absolute Gasteiger partial charge is 0.0635 e. The molecule has 0 unspecified atom stereocenters. The average molecular weight is 272 g/mol. The highest BCUT2D eigenvalue weighted by molar-refractivity contribution is 5.09. The lowest BCUT2D eigenvalue weighted by atomic mass is 10.1. The van der Waals surface area contributed by atoms with Crippen molar-refractivity contribution in [2.75, 3.05) is 26.2 Å². The van der Waals surface area contributed by atoms with Gasteiger partial charge in [0.05, 0.1) is 6.07 Å². The van der Waals surface area contributed by atoms with Gasteiger partial charge in [-0.25, -0.2) is 0 Å². The monoisotopic (exact) mass is 272 g/mol. The van der Waals surface area contributed by atoms with Crippen LogP contribution in [0.3, 0.4) is 0 Å². The quantitative estimate of drug-likeness (QED) is 0.764. The van der Waals surface area contributed by atoms with Gasteiger partial charge in [0, 0.05) is 44.5 Å². The lowest BCUT2D eigenvalue weighted by Gasteiger charge is -2.29. The number of rotatable bonds is 7. The van der Waals surface area contributed by atoms with Gasteiger partial charge in [0.1, 0.15) is 0 Å². The van der Waals surface area contributed by atoms with E-state index in [0.29, 0.717) is 12.5 Å². The second-order valence-electron chi connectivity index (χ2n) is 5.42. The van der Waals surface area contributed by atoms with E-state index in [1.807, 2.05) is 12.4 Å². The maximum absolute atomic E-state index is 8.84. The Morgan fingerprint density at radius 2 is 2.25 bits per heavy atom. The number of pyridine rings is 1. The molecule has 1 aromatic rings. The summed E-state index contributed by atoms with van der Waals surface area (Å²) in [6.45, 7) is 7.43. The number of hydrogen-bond donors (Lipinski definition) is 0. The van der Waals surface area contributed by atoms with Crippen LogP contribution in [-0.4, -0.2) is 47.0 Å². The Morgan fingerprint density at radius 1 is 1.45 bits per heavy atom. The van der Waals surface area contributed by atoms with E-state index in [1.54, 1.807) is 0 Å². The molecular weight excluding hydrogens is 248 g/mol. The molecular formula is C16H24N4. The summed E-state index contributed by atoms with van der Waals surface area (Å²) in [4.78, 5) is 9.04. The van der Waals surface area contributed by atoms with Gasteiger partial charge in [-0.05, 0) is 43.6 Å². The summed E-state index contributed by atoms with van der Waals surface area (Å²) in [5.74, 6) is 0. The summed E-state index contributed by atoms with van der Waals surface area (Å²) in [5.41, 5.74) is 1.28. The number of nitrogens with zero attached hydrogens (tertiary/aromatic N) is 4. The Hall–Kier alpha value is -1.44. The summed E-state index contributed by atoms with van der Waals surface area (Å²) in [6, 6.07) is 7.04. The van der Waals surface area contributed by atoms with Gasteiger partial charge in [-0.15, -0.1) is 0 Å². The molecule has 0 aliphatic carbocycles. The molecule has 0 saturated carbocycles. The highest BCUT2D eigenvalue weighted by Gasteiger charge is 2.24. The predicted octanol–water partition coefficient (Wildman–Crippen LogP) is 2.28. The minimum Gasteiger partial charge on any atom is -0.299 e. The van der Waals surface area contributed by atoms with Gasteiger partial charge in [-0.1, -0.05) is 6.92 Å². The second-order valence-corrected chi connectivity index (χ2v) is 5.42. The molecule has 1 aromatic heterocycles.